The molecule has 3 aromatic rings. The second kappa shape index (κ2) is 9.10. The van der Waals surface area contributed by atoms with Crippen LogP contribution in [0.5, 0.6) is 5.75 Å². The molecule has 0 saturated carbocycles. The fraction of sp³-hybridized carbons (Fsp3) is 0.190. The van der Waals surface area contributed by atoms with Gasteiger partial charge in [0.1, 0.15) is 11.8 Å². The van der Waals surface area contributed by atoms with Gasteiger partial charge in [-0.05, 0) is 36.4 Å². The molecule has 1 aliphatic rings. The second-order valence-electron chi connectivity index (χ2n) is 6.93. The topological polar surface area (TPSA) is 120 Å². The van der Waals surface area contributed by atoms with Gasteiger partial charge in [-0.3, -0.25) is 19.7 Å². The molecule has 0 radical (unpaired) electrons. The molecule has 1 fully saturated rings. The van der Waals surface area contributed by atoms with Gasteiger partial charge in [0, 0.05) is 29.8 Å². The zero-order chi connectivity index (χ0) is 22.7. The number of nitro benzene ring substituents is 1. The third-order valence-corrected chi connectivity index (χ3v) is 5.93. The van der Waals surface area contributed by atoms with Gasteiger partial charge in [0.25, 0.3) is 11.6 Å². The molecule has 0 spiro atoms. The summed E-state index contributed by atoms with van der Waals surface area (Å²) >= 11 is 1.48. The number of carbonyl (C=O) groups excluding carboxylic acids is 2. The maximum absolute atomic E-state index is 13.0. The van der Waals surface area contributed by atoms with Crippen LogP contribution in [0.25, 0.3) is 5.69 Å². The number of rotatable bonds is 6. The molecule has 164 valence electrons. The normalized spacial score (nSPS) is 15.4. The minimum atomic E-state index is -0.641. The number of nitrogens with zero attached hydrogens (tertiary/aromatic N) is 4. The molecule has 1 unspecified atom stereocenters. The molecular weight excluding hydrogens is 434 g/mol. The average Bonchev–Trinajstić information content (AvgIpc) is 3.49. The van der Waals surface area contributed by atoms with Gasteiger partial charge in [-0.1, -0.05) is 6.07 Å². The molecule has 4 rings (SSSR count). The smallest absolute Gasteiger partial charge is 0.275 e. The molecule has 1 N–H and O–H groups in total. The number of non-ortho nitro benzene ring substituents is 1. The van der Waals surface area contributed by atoms with Crippen molar-refractivity contribution in [2.75, 3.05) is 24.1 Å². The Morgan fingerprint density at radius 2 is 2.00 bits per heavy atom. The van der Waals surface area contributed by atoms with Crippen molar-refractivity contribution in [1.29, 1.82) is 0 Å². The second-order valence-corrected chi connectivity index (χ2v) is 7.93. The largest absolute Gasteiger partial charge is 0.497 e. The molecule has 1 atom stereocenters. The maximum atomic E-state index is 13.0. The number of ether oxygens (including phenoxy) is 1. The van der Waals surface area contributed by atoms with Crippen LogP contribution >= 0.6 is 11.8 Å². The van der Waals surface area contributed by atoms with Gasteiger partial charge in [0.05, 0.1) is 23.6 Å². The molecule has 32 heavy (non-hydrogen) atoms. The van der Waals surface area contributed by atoms with Crippen LogP contribution in [0.4, 0.5) is 11.4 Å². The van der Waals surface area contributed by atoms with E-state index in [1.165, 1.54) is 39.5 Å². The van der Waals surface area contributed by atoms with E-state index in [4.69, 9.17) is 4.74 Å². The Kier molecular flexibility index (Phi) is 6.08. The zero-order valence-corrected chi connectivity index (χ0v) is 17.8. The van der Waals surface area contributed by atoms with Gasteiger partial charge in [-0.2, -0.15) is 5.10 Å². The zero-order valence-electron chi connectivity index (χ0n) is 17.0. The first-order valence-electron chi connectivity index (χ1n) is 9.60. The van der Waals surface area contributed by atoms with Crippen molar-refractivity contribution in [1.82, 2.24) is 14.7 Å². The van der Waals surface area contributed by atoms with Crippen LogP contribution in [0.2, 0.25) is 0 Å². The summed E-state index contributed by atoms with van der Waals surface area (Å²) in [6, 6.07) is 13.8. The third kappa shape index (κ3) is 4.42. The summed E-state index contributed by atoms with van der Waals surface area (Å²) in [7, 11) is 1.56. The Morgan fingerprint density at radius 1 is 1.22 bits per heavy atom. The first-order valence-corrected chi connectivity index (χ1v) is 10.8. The number of nitro groups is 1. The van der Waals surface area contributed by atoms with E-state index < -0.39 is 11.0 Å². The van der Waals surface area contributed by atoms with Crippen molar-refractivity contribution < 1.29 is 19.2 Å². The lowest BCUT2D eigenvalue weighted by Crippen LogP contribution is -2.44. The molecule has 11 heteroatoms. The minimum Gasteiger partial charge on any atom is -0.497 e. The summed E-state index contributed by atoms with van der Waals surface area (Å²) in [4.78, 5) is 37.8. The number of aromatic nitrogens is 2. The Labute approximate surface area is 187 Å². The molecule has 1 aromatic heterocycles. The lowest BCUT2D eigenvalue weighted by Gasteiger charge is -2.22. The number of anilines is 1. The molecule has 10 nitrogen and oxygen atoms in total. The van der Waals surface area contributed by atoms with E-state index in [2.05, 4.69) is 10.4 Å². The molecule has 2 amide bonds. The van der Waals surface area contributed by atoms with E-state index in [1.54, 1.807) is 49.7 Å². The van der Waals surface area contributed by atoms with Gasteiger partial charge in [-0.25, -0.2) is 4.68 Å². The van der Waals surface area contributed by atoms with E-state index in [0.29, 0.717) is 28.8 Å². The summed E-state index contributed by atoms with van der Waals surface area (Å²) in [6.07, 6.45) is 1.56. The highest BCUT2D eigenvalue weighted by molar-refractivity contribution is 7.99. The van der Waals surface area contributed by atoms with Crippen molar-refractivity contribution in [2.45, 2.75) is 6.04 Å². The summed E-state index contributed by atoms with van der Waals surface area (Å²) in [5.41, 5.74) is 1.15. The number of carbonyl (C=O) groups is 2. The van der Waals surface area contributed by atoms with E-state index in [1.807, 2.05) is 0 Å². The fourth-order valence-corrected chi connectivity index (χ4v) is 4.39. The lowest BCUT2D eigenvalue weighted by molar-refractivity contribution is -0.384. The molecule has 1 saturated heterocycles. The first-order chi connectivity index (χ1) is 15.5. The molecule has 0 aliphatic carbocycles. The van der Waals surface area contributed by atoms with Crippen molar-refractivity contribution in [3.05, 3.63) is 76.6 Å². The molecule has 2 heterocycles. The quantitative estimate of drug-likeness (QED) is 0.450. The molecule has 0 bridgehead atoms. The van der Waals surface area contributed by atoms with Gasteiger partial charge >= 0.3 is 0 Å². The Balaban J connectivity index is 1.48. The Hall–Kier alpha value is -3.86. The summed E-state index contributed by atoms with van der Waals surface area (Å²) < 4.78 is 6.51. The Bertz CT molecular complexity index is 1160. The van der Waals surface area contributed by atoms with Crippen LogP contribution in [-0.4, -0.2) is 56.2 Å². The van der Waals surface area contributed by atoms with Gasteiger partial charge in [-0.15, -0.1) is 11.8 Å². The third-order valence-electron chi connectivity index (χ3n) is 4.92. The van der Waals surface area contributed by atoms with Crippen molar-refractivity contribution in [2.24, 2.45) is 0 Å². The number of thioether (sulfide) groups is 1. The van der Waals surface area contributed by atoms with Crippen LogP contribution in [-0.2, 0) is 4.79 Å². The number of methoxy groups -OCH3 is 1. The van der Waals surface area contributed by atoms with Crippen molar-refractivity contribution in [3.8, 4) is 11.4 Å². The number of hydrogen-bond donors (Lipinski definition) is 1. The number of benzene rings is 2. The monoisotopic (exact) mass is 453 g/mol. The summed E-state index contributed by atoms with van der Waals surface area (Å²) in [5, 5.41) is 18.1. The van der Waals surface area contributed by atoms with Gasteiger partial charge in [0.2, 0.25) is 5.91 Å². The highest BCUT2D eigenvalue weighted by atomic mass is 32.2. The summed E-state index contributed by atoms with van der Waals surface area (Å²) in [5.74, 6) is 0.846. The number of hydrogen-bond acceptors (Lipinski definition) is 7. The number of nitrogens with one attached hydrogen (secondary N) is 1. The van der Waals surface area contributed by atoms with Gasteiger partial charge in [0.15, 0.2) is 5.69 Å². The molecule has 1 aliphatic heterocycles. The van der Waals surface area contributed by atoms with Gasteiger partial charge < -0.3 is 15.0 Å². The van der Waals surface area contributed by atoms with E-state index in [-0.39, 0.29) is 23.2 Å². The van der Waals surface area contributed by atoms with E-state index in [0.717, 1.165) is 0 Å². The van der Waals surface area contributed by atoms with E-state index in [9.17, 15) is 19.7 Å². The fourth-order valence-electron chi connectivity index (χ4n) is 3.24. The Morgan fingerprint density at radius 3 is 2.72 bits per heavy atom. The van der Waals surface area contributed by atoms with Crippen LogP contribution in [0.15, 0.2) is 60.8 Å². The SMILES string of the molecule is COc1ccc(NC(=O)C2CSCN2C(=O)c2ccn(-c3cccc([N+](=O)[O-])c3)n2)cc1. The standard InChI is InChI=1S/C21H19N5O5S/c1-31-17-7-5-14(6-8-17)22-20(27)19-12-32-13-24(19)21(28)18-9-10-25(23-18)15-3-2-4-16(11-15)26(29)30/h2-11,19H,12-13H2,1H3,(H,22,27). The first kappa shape index (κ1) is 21.4. The van der Waals surface area contributed by atoms with Crippen molar-refractivity contribution in [3.63, 3.8) is 0 Å². The van der Waals surface area contributed by atoms with Crippen LogP contribution < -0.4 is 10.1 Å². The van der Waals surface area contributed by atoms with Crippen molar-refractivity contribution >= 4 is 35.0 Å². The predicted molar refractivity (Wildman–Crippen MR) is 119 cm³/mol. The molecular formula is C21H19N5O5S. The maximum Gasteiger partial charge on any atom is 0.275 e. The minimum absolute atomic E-state index is 0.0721. The predicted octanol–water partition coefficient (Wildman–Crippen LogP) is 2.94. The highest BCUT2D eigenvalue weighted by Crippen LogP contribution is 2.25. The van der Waals surface area contributed by atoms with Crippen LogP contribution in [0, 0.1) is 10.1 Å². The highest BCUT2D eigenvalue weighted by Gasteiger charge is 2.36. The van der Waals surface area contributed by atoms with E-state index >= 15 is 0 Å². The lowest BCUT2D eigenvalue weighted by atomic mass is 10.2. The number of amides is 2. The van der Waals surface area contributed by atoms with Crippen LogP contribution in [0.3, 0.4) is 0 Å². The van der Waals surface area contributed by atoms with Crippen LogP contribution in [0.1, 0.15) is 10.5 Å². The average molecular weight is 453 g/mol. The molecule has 2 aromatic carbocycles. The summed E-state index contributed by atoms with van der Waals surface area (Å²) in [6.45, 7) is 0.